The molecule has 0 amide bonds. The first-order valence-corrected chi connectivity index (χ1v) is 4.40. The quantitative estimate of drug-likeness (QED) is 0.771. The summed E-state index contributed by atoms with van der Waals surface area (Å²) >= 11 is 0. The van der Waals surface area contributed by atoms with Crippen molar-refractivity contribution in [3.63, 3.8) is 0 Å². The second-order valence-electron chi connectivity index (χ2n) is 2.97. The summed E-state index contributed by atoms with van der Waals surface area (Å²) in [5, 5.41) is 17.3. The van der Waals surface area contributed by atoms with E-state index in [1.54, 1.807) is 0 Å². The van der Waals surface area contributed by atoms with Crippen LogP contribution in [0.2, 0.25) is 0 Å². The maximum absolute atomic E-state index is 8.66. The van der Waals surface area contributed by atoms with E-state index in [1.165, 1.54) is 0 Å². The Morgan fingerprint density at radius 2 is 1.71 bits per heavy atom. The molecule has 0 unspecified atom stereocenters. The van der Waals surface area contributed by atoms with E-state index in [9.17, 15) is 0 Å². The van der Waals surface area contributed by atoms with E-state index >= 15 is 0 Å². The van der Waals surface area contributed by atoms with Gasteiger partial charge in [-0.1, -0.05) is 24.3 Å². The fourth-order valence-corrected chi connectivity index (χ4v) is 1.22. The van der Waals surface area contributed by atoms with E-state index in [2.05, 4.69) is 0 Å². The summed E-state index contributed by atoms with van der Waals surface area (Å²) in [4.78, 5) is 0. The molecule has 0 bridgehead atoms. The van der Waals surface area contributed by atoms with E-state index in [0.717, 1.165) is 17.5 Å². The van der Waals surface area contributed by atoms with Gasteiger partial charge < -0.3 is 5.73 Å². The molecule has 0 saturated heterocycles. The molecule has 70 valence electrons. The molecular weight excluding hydrogens is 174 g/mol. The molecule has 1 aromatic rings. The van der Waals surface area contributed by atoms with Crippen molar-refractivity contribution in [1.29, 1.82) is 10.5 Å². The molecule has 0 fully saturated rings. The number of nitriles is 2. The minimum Gasteiger partial charge on any atom is -0.330 e. The van der Waals surface area contributed by atoms with Gasteiger partial charge in [0.05, 0.1) is 12.1 Å². The van der Waals surface area contributed by atoms with Crippen LogP contribution in [-0.2, 0) is 6.42 Å². The van der Waals surface area contributed by atoms with Gasteiger partial charge in [-0.05, 0) is 24.1 Å². The molecule has 0 heterocycles. The van der Waals surface area contributed by atoms with E-state index < -0.39 is 5.92 Å². The van der Waals surface area contributed by atoms with E-state index in [1.807, 2.05) is 36.4 Å². The number of hydrogen-bond donors (Lipinski definition) is 1. The van der Waals surface area contributed by atoms with Crippen LogP contribution in [0, 0.1) is 22.7 Å². The molecular formula is C11H11N3. The maximum Gasteiger partial charge on any atom is 0.158 e. The lowest BCUT2D eigenvalue weighted by atomic mass is 10.00. The second-order valence-corrected chi connectivity index (χ2v) is 2.97. The van der Waals surface area contributed by atoms with Crippen molar-refractivity contribution in [3.8, 4) is 12.1 Å². The highest BCUT2D eigenvalue weighted by Crippen LogP contribution is 2.14. The summed E-state index contributed by atoms with van der Waals surface area (Å²) in [6.07, 6.45) is 0.823. The summed E-state index contributed by atoms with van der Waals surface area (Å²) in [5.41, 5.74) is 7.28. The van der Waals surface area contributed by atoms with Gasteiger partial charge in [-0.15, -0.1) is 0 Å². The summed E-state index contributed by atoms with van der Waals surface area (Å²) in [6, 6.07) is 11.3. The van der Waals surface area contributed by atoms with Crippen molar-refractivity contribution in [2.75, 3.05) is 6.54 Å². The van der Waals surface area contributed by atoms with Gasteiger partial charge in [0.15, 0.2) is 5.92 Å². The molecule has 0 aliphatic carbocycles. The zero-order chi connectivity index (χ0) is 10.4. The minimum absolute atomic E-state index is 0.610. The molecule has 0 saturated carbocycles. The maximum atomic E-state index is 8.66. The SMILES string of the molecule is N#CC(C#N)c1ccc(CCN)cc1. The average molecular weight is 185 g/mol. The van der Waals surface area contributed by atoms with Gasteiger partial charge in [-0.3, -0.25) is 0 Å². The third-order valence-electron chi connectivity index (χ3n) is 2.00. The first kappa shape index (κ1) is 10.2. The van der Waals surface area contributed by atoms with Crippen LogP contribution in [0.15, 0.2) is 24.3 Å². The summed E-state index contributed by atoms with van der Waals surface area (Å²) in [6.45, 7) is 0.610. The first-order valence-electron chi connectivity index (χ1n) is 4.40. The lowest BCUT2D eigenvalue weighted by Crippen LogP contribution is -2.02. The largest absolute Gasteiger partial charge is 0.330 e. The van der Waals surface area contributed by atoms with Crippen LogP contribution in [0.4, 0.5) is 0 Å². The fourth-order valence-electron chi connectivity index (χ4n) is 1.22. The Labute approximate surface area is 83.4 Å². The predicted octanol–water partition coefficient (Wildman–Crippen LogP) is 1.32. The smallest absolute Gasteiger partial charge is 0.158 e. The molecule has 3 nitrogen and oxygen atoms in total. The molecule has 3 heteroatoms. The van der Waals surface area contributed by atoms with Crippen molar-refractivity contribution in [1.82, 2.24) is 0 Å². The highest BCUT2D eigenvalue weighted by Gasteiger charge is 2.07. The molecule has 0 aromatic heterocycles. The highest BCUT2D eigenvalue weighted by molar-refractivity contribution is 5.33. The van der Waals surface area contributed by atoms with Gasteiger partial charge in [0.1, 0.15) is 0 Å². The number of nitrogens with zero attached hydrogens (tertiary/aromatic N) is 2. The van der Waals surface area contributed by atoms with E-state index in [-0.39, 0.29) is 0 Å². The molecule has 0 radical (unpaired) electrons. The third-order valence-corrected chi connectivity index (χ3v) is 2.00. The number of nitrogens with two attached hydrogens (primary N) is 1. The molecule has 14 heavy (non-hydrogen) atoms. The molecule has 0 spiro atoms. The van der Waals surface area contributed by atoms with Crippen LogP contribution in [0.3, 0.4) is 0 Å². The lowest BCUT2D eigenvalue weighted by molar-refractivity contribution is 0.965. The standard InChI is InChI=1S/C11H11N3/c12-6-5-9-1-3-10(4-2-9)11(7-13)8-14/h1-4,11H,5-6,12H2. The van der Waals surface area contributed by atoms with Gasteiger partial charge in [0.25, 0.3) is 0 Å². The molecule has 2 N–H and O–H groups in total. The summed E-state index contributed by atoms with van der Waals surface area (Å²) < 4.78 is 0. The molecule has 1 aromatic carbocycles. The van der Waals surface area contributed by atoms with Gasteiger partial charge in [-0.25, -0.2) is 0 Å². The molecule has 0 atom stereocenters. The fraction of sp³-hybridized carbons (Fsp3) is 0.273. The van der Waals surface area contributed by atoms with Gasteiger partial charge in [-0.2, -0.15) is 10.5 Å². The topological polar surface area (TPSA) is 73.6 Å². The van der Waals surface area contributed by atoms with Crippen LogP contribution < -0.4 is 5.73 Å². The highest BCUT2D eigenvalue weighted by atomic mass is 14.5. The number of rotatable bonds is 3. The Morgan fingerprint density at radius 1 is 1.14 bits per heavy atom. The van der Waals surface area contributed by atoms with Gasteiger partial charge in [0, 0.05) is 0 Å². The zero-order valence-corrected chi connectivity index (χ0v) is 7.77. The Balaban J connectivity index is 2.84. The van der Waals surface area contributed by atoms with Crippen LogP contribution in [0.1, 0.15) is 17.0 Å². The second kappa shape index (κ2) is 5.01. The van der Waals surface area contributed by atoms with E-state index in [0.29, 0.717) is 6.54 Å². The summed E-state index contributed by atoms with van der Waals surface area (Å²) in [7, 11) is 0. The molecule has 1 rings (SSSR count). The van der Waals surface area contributed by atoms with Gasteiger partial charge in [0.2, 0.25) is 0 Å². The average Bonchev–Trinajstić information content (AvgIpc) is 2.23. The Bertz CT molecular complexity index is 353. The Kier molecular flexibility index (Phi) is 3.67. The molecule has 0 aliphatic rings. The zero-order valence-electron chi connectivity index (χ0n) is 7.77. The number of benzene rings is 1. The Hall–Kier alpha value is -1.84. The van der Waals surface area contributed by atoms with Crippen molar-refractivity contribution in [3.05, 3.63) is 35.4 Å². The van der Waals surface area contributed by atoms with Crippen molar-refractivity contribution in [2.24, 2.45) is 5.73 Å². The predicted molar refractivity (Wildman–Crippen MR) is 53.2 cm³/mol. The van der Waals surface area contributed by atoms with Crippen molar-refractivity contribution < 1.29 is 0 Å². The normalized spacial score (nSPS) is 9.43. The Morgan fingerprint density at radius 3 is 2.14 bits per heavy atom. The minimum atomic E-state index is -0.665. The van der Waals surface area contributed by atoms with Gasteiger partial charge >= 0.3 is 0 Å². The lowest BCUT2D eigenvalue weighted by Gasteiger charge is -2.02. The van der Waals surface area contributed by atoms with Crippen LogP contribution in [-0.4, -0.2) is 6.54 Å². The van der Waals surface area contributed by atoms with Crippen LogP contribution in [0.5, 0.6) is 0 Å². The summed E-state index contributed by atoms with van der Waals surface area (Å²) in [5.74, 6) is -0.665. The van der Waals surface area contributed by atoms with Crippen molar-refractivity contribution >= 4 is 0 Å². The van der Waals surface area contributed by atoms with Crippen LogP contribution >= 0.6 is 0 Å². The van der Waals surface area contributed by atoms with Crippen LogP contribution in [0.25, 0.3) is 0 Å². The van der Waals surface area contributed by atoms with E-state index in [4.69, 9.17) is 16.3 Å². The first-order chi connectivity index (χ1) is 6.81. The third kappa shape index (κ3) is 2.32. The monoisotopic (exact) mass is 185 g/mol. The van der Waals surface area contributed by atoms with Crippen molar-refractivity contribution in [2.45, 2.75) is 12.3 Å². The number of hydrogen-bond acceptors (Lipinski definition) is 3. The molecule has 0 aliphatic heterocycles.